The lowest BCUT2D eigenvalue weighted by molar-refractivity contribution is 0.529. The molecule has 0 N–H and O–H groups in total. The van der Waals surface area contributed by atoms with Gasteiger partial charge in [0.1, 0.15) is 0 Å². The van der Waals surface area contributed by atoms with Crippen molar-refractivity contribution in [3.8, 4) is 5.69 Å². The van der Waals surface area contributed by atoms with Crippen LogP contribution in [0.25, 0.3) is 16.8 Å². The molecule has 0 atom stereocenters. The summed E-state index contributed by atoms with van der Waals surface area (Å²) in [5.74, 6) is 0. The molecule has 1 aromatic carbocycles. The summed E-state index contributed by atoms with van der Waals surface area (Å²) < 4.78 is 7.10. The summed E-state index contributed by atoms with van der Waals surface area (Å²) in [4.78, 5) is 11.8. The Morgan fingerprint density at radius 3 is 2.42 bits per heavy atom. The first kappa shape index (κ1) is 11.7. The molecule has 4 nitrogen and oxygen atoms in total. The van der Waals surface area contributed by atoms with Gasteiger partial charge in [0.25, 0.3) is 0 Å². The minimum Gasteiger partial charge on any atom is -0.403 e. The smallest absolute Gasteiger partial charge is 0.340 e. The van der Waals surface area contributed by atoms with Crippen LogP contribution in [0.5, 0.6) is 0 Å². The molecule has 2 aromatic heterocycles. The number of fused-ring (bicyclic) bond motifs is 1. The fraction of sp³-hybridized carbons (Fsp3) is 0.200. The molecule has 0 unspecified atom stereocenters. The van der Waals surface area contributed by atoms with Crippen molar-refractivity contribution in [2.24, 2.45) is 0 Å². The van der Waals surface area contributed by atoms with E-state index in [1.807, 2.05) is 44.2 Å². The molecular formula is C15H14N2O2. The summed E-state index contributed by atoms with van der Waals surface area (Å²) in [6.07, 6.45) is 0. The van der Waals surface area contributed by atoms with E-state index in [0.717, 1.165) is 22.3 Å². The van der Waals surface area contributed by atoms with E-state index in [1.54, 1.807) is 11.6 Å². The highest BCUT2D eigenvalue weighted by atomic mass is 16.4. The quantitative estimate of drug-likeness (QED) is 0.671. The molecule has 0 aliphatic rings. The van der Waals surface area contributed by atoms with Crippen LogP contribution in [0.3, 0.4) is 0 Å². The Hall–Kier alpha value is -2.36. The zero-order valence-electron chi connectivity index (χ0n) is 11.1. The van der Waals surface area contributed by atoms with Gasteiger partial charge in [-0.05, 0) is 38.5 Å². The van der Waals surface area contributed by atoms with Crippen molar-refractivity contribution in [3.05, 3.63) is 57.6 Å². The Morgan fingerprint density at radius 1 is 1.05 bits per heavy atom. The van der Waals surface area contributed by atoms with Gasteiger partial charge in [-0.1, -0.05) is 18.2 Å². The van der Waals surface area contributed by atoms with Gasteiger partial charge in [0.15, 0.2) is 0 Å². The predicted molar refractivity (Wildman–Crippen MR) is 73.8 cm³/mol. The Morgan fingerprint density at radius 2 is 1.74 bits per heavy atom. The molecule has 0 amide bonds. The van der Waals surface area contributed by atoms with Gasteiger partial charge < -0.3 is 4.42 Å². The number of nitrogens with zero attached hydrogens (tertiary/aromatic N) is 2. The molecule has 0 saturated carbocycles. The number of hydrogen-bond acceptors (Lipinski definition) is 3. The van der Waals surface area contributed by atoms with Gasteiger partial charge in [-0.2, -0.15) is 9.78 Å². The highest BCUT2D eigenvalue weighted by Gasteiger charge is 2.16. The van der Waals surface area contributed by atoms with Crippen molar-refractivity contribution >= 4 is 11.1 Å². The molecule has 2 heterocycles. The van der Waals surface area contributed by atoms with Gasteiger partial charge in [0, 0.05) is 5.56 Å². The normalized spacial score (nSPS) is 11.1. The SMILES string of the molecule is Cc1c(C)c2c(C)nn(-c3ccccc3)c2oc1=O. The lowest BCUT2D eigenvalue weighted by Gasteiger charge is -2.03. The Labute approximate surface area is 110 Å². The molecule has 3 aromatic rings. The van der Waals surface area contributed by atoms with E-state index in [2.05, 4.69) is 5.10 Å². The van der Waals surface area contributed by atoms with Crippen molar-refractivity contribution in [3.63, 3.8) is 0 Å². The average Bonchev–Trinajstić information content (AvgIpc) is 2.74. The van der Waals surface area contributed by atoms with Crippen molar-refractivity contribution in [1.82, 2.24) is 9.78 Å². The second-order valence-electron chi connectivity index (χ2n) is 4.65. The van der Waals surface area contributed by atoms with Crippen LogP contribution >= 0.6 is 0 Å². The summed E-state index contributed by atoms with van der Waals surface area (Å²) in [7, 11) is 0. The summed E-state index contributed by atoms with van der Waals surface area (Å²) in [5, 5.41) is 5.40. The molecule has 96 valence electrons. The molecule has 0 fully saturated rings. The Balaban J connectivity index is 2.44. The average molecular weight is 254 g/mol. The summed E-state index contributed by atoms with van der Waals surface area (Å²) >= 11 is 0. The first-order valence-electron chi connectivity index (χ1n) is 6.14. The van der Waals surface area contributed by atoms with E-state index in [9.17, 15) is 4.79 Å². The standard InChI is InChI=1S/C15H14N2O2/c1-9-10(2)15(18)19-14-13(9)11(3)16-17(14)12-7-5-4-6-8-12/h4-8H,1-3H3. The molecule has 19 heavy (non-hydrogen) atoms. The van der Waals surface area contributed by atoms with E-state index in [0.29, 0.717) is 11.3 Å². The van der Waals surface area contributed by atoms with Crippen LogP contribution in [0.2, 0.25) is 0 Å². The molecule has 0 radical (unpaired) electrons. The molecule has 0 aliphatic carbocycles. The molecule has 3 rings (SSSR count). The van der Waals surface area contributed by atoms with Crippen LogP contribution in [0.4, 0.5) is 0 Å². The fourth-order valence-corrected chi connectivity index (χ4v) is 2.28. The maximum absolute atomic E-state index is 11.8. The van der Waals surface area contributed by atoms with Crippen molar-refractivity contribution in [2.75, 3.05) is 0 Å². The van der Waals surface area contributed by atoms with E-state index in [-0.39, 0.29) is 5.63 Å². The lowest BCUT2D eigenvalue weighted by Crippen LogP contribution is -2.07. The molecule has 0 bridgehead atoms. The number of para-hydroxylation sites is 1. The predicted octanol–water partition coefficient (Wildman–Crippen LogP) is 2.90. The minimum atomic E-state index is -0.304. The Kier molecular flexibility index (Phi) is 2.52. The van der Waals surface area contributed by atoms with Crippen LogP contribution in [-0.4, -0.2) is 9.78 Å². The van der Waals surface area contributed by atoms with E-state index in [1.165, 1.54) is 0 Å². The number of aromatic nitrogens is 2. The number of benzene rings is 1. The van der Waals surface area contributed by atoms with Gasteiger partial charge in [-0.25, -0.2) is 4.79 Å². The largest absolute Gasteiger partial charge is 0.403 e. The third kappa shape index (κ3) is 1.68. The monoisotopic (exact) mass is 254 g/mol. The van der Waals surface area contributed by atoms with Crippen LogP contribution in [0.15, 0.2) is 39.5 Å². The second kappa shape index (κ2) is 4.09. The zero-order chi connectivity index (χ0) is 13.6. The number of aryl methyl sites for hydroxylation is 2. The van der Waals surface area contributed by atoms with Gasteiger partial charge in [0.05, 0.1) is 16.8 Å². The van der Waals surface area contributed by atoms with Crippen LogP contribution in [-0.2, 0) is 0 Å². The first-order valence-corrected chi connectivity index (χ1v) is 6.14. The maximum Gasteiger partial charge on any atom is 0.340 e. The molecular weight excluding hydrogens is 240 g/mol. The molecule has 0 spiro atoms. The maximum atomic E-state index is 11.8. The Bertz CT molecular complexity index is 814. The highest BCUT2D eigenvalue weighted by Crippen LogP contribution is 2.24. The molecule has 4 heteroatoms. The molecule has 0 aliphatic heterocycles. The zero-order valence-corrected chi connectivity index (χ0v) is 11.1. The van der Waals surface area contributed by atoms with Crippen molar-refractivity contribution in [2.45, 2.75) is 20.8 Å². The van der Waals surface area contributed by atoms with Gasteiger partial charge >= 0.3 is 5.63 Å². The van der Waals surface area contributed by atoms with E-state index >= 15 is 0 Å². The molecule has 0 saturated heterocycles. The summed E-state index contributed by atoms with van der Waals surface area (Å²) in [5.41, 5.74) is 3.53. The fourth-order valence-electron chi connectivity index (χ4n) is 2.28. The first-order chi connectivity index (χ1) is 9.09. The van der Waals surface area contributed by atoms with E-state index in [4.69, 9.17) is 4.42 Å². The number of rotatable bonds is 1. The second-order valence-corrected chi connectivity index (χ2v) is 4.65. The summed E-state index contributed by atoms with van der Waals surface area (Å²) in [6, 6.07) is 9.66. The van der Waals surface area contributed by atoms with Crippen LogP contribution in [0, 0.1) is 20.8 Å². The van der Waals surface area contributed by atoms with Crippen molar-refractivity contribution < 1.29 is 4.42 Å². The van der Waals surface area contributed by atoms with Crippen molar-refractivity contribution in [1.29, 1.82) is 0 Å². The summed E-state index contributed by atoms with van der Waals surface area (Å²) in [6.45, 7) is 5.63. The number of hydrogen-bond donors (Lipinski definition) is 0. The van der Waals surface area contributed by atoms with E-state index < -0.39 is 0 Å². The topological polar surface area (TPSA) is 48.0 Å². The third-order valence-corrected chi connectivity index (χ3v) is 3.45. The van der Waals surface area contributed by atoms with Gasteiger partial charge in [0.2, 0.25) is 5.71 Å². The van der Waals surface area contributed by atoms with Gasteiger partial charge in [-0.15, -0.1) is 0 Å². The van der Waals surface area contributed by atoms with Crippen LogP contribution < -0.4 is 5.63 Å². The van der Waals surface area contributed by atoms with Gasteiger partial charge in [-0.3, -0.25) is 0 Å². The highest BCUT2D eigenvalue weighted by molar-refractivity contribution is 5.82. The minimum absolute atomic E-state index is 0.304. The van der Waals surface area contributed by atoms with Crippen LogP contribution in [0.1, 0.15) is 16.8 Å². The third-order valence-electron chi connectivity index (χ3n) is 3.45. The lowest BCUT2D eigenvalue weighted by atomic mass is 10.1.